The number of carbonyl (C=O) groups excluding carboxylic acids is 1. The minimum Gasteiger partial charge on any atom is -0.326 e. The topological polar surface area (TPSA) is 42.0 Å². The molecule has 86 valence electrons. The van der Waals surface area contributed by atoms with E-state index in [1.165, 1.54) is 19.2 Å². The summed E-state index contributed by atoms with van der Waals surface area (Å²) >= 11 is 0. The molecule has 0 saturated carbocycles. The van der Waals surface area contributed by atoms with Crippen LogP contribution in [0.5, 0.6) is 0 Å². The van der Waals surface area contributed by atoms with Crippen LogP contribution in [0.15, 0.2) is 42.6 Å². The largest absolute Gasteiger partial charge is 0.326 e. The number of anilines is 1. The van der Waals surface area contributed by atoms with Gasteiger partial charge in [-0.2, -0.15) is 0 Å². The molecule has 0 aliphatic carbocycles. The summed E-state index contributed by atoms with van der Waals surface area (Å²) in [4.78, 5) is 14.9. The van der Waals surface area contributed by atoms with Gasteiger partial charge < -0.3 is 5.32 Å². The Labute approximate surface area is 98.3 Å². The zero-order valence-corrected chi connectivity index (χ0v) is 9.27. The molecule has 4 heteroatoms. The molecule has 1 aromatic carbocycles. The molecule has 2 aromatic rings. The molecule has 0 unspecified atom stereocenters. The first-order valence-corrected chi connectivity index (χ1v) is 5.15. The Bertz CT molecular complexity index is 537. The average Bonchev–Trinajstić information content (AvgIpc) is 2.29. The van der Waals surface area contributed by atoms with Crippen LogP contribution in [0.3, 0.4) is 0 Å². The van der Waals surface area contributed by atoms with Crippen LogP contribution in [0, 0.1) is 5.82 Å². The Balaban J connectivity index is 2.32. The second-order valence-electron chi connectivity index (χ2n) is 3.62. The van der Waals surface area contributed by atoms with Crippen LogP contribution in [-0.2, 0) is 4.79 Å². The maximum absolute atomic E-state index is 12.7. The summed E-state index contributed by atoms with van der Waals surface area (Å²) in [6, 6.07) is 10.2. The van der Waals surface area contributed by atoms with Crippen molar-refractivity contribution in [3.63, 3.8) is 0 Å². The SMILES string of the molecule is CC(=O)Nc1cccc(-c2ccc(F)cn2)c1. The third kappa shape index (κ3) is 2.87. The molecule has 0 aliphatic heterocycles. The van der Waals surface area contributed by atoms with Crippen LogP contribution < -0.4 is 5.32 Å². The standard InChI is InChI=1S/C13H11FN2O/c1-9(17)16-12-4-2-3-10(7-12)13-6-5-11(14)8-15-13/h2-8H,1H3,(H,16,17). The Kier molecular flexibility index (Phi) is 3.14. The summed E-state index contributed by atoms with van der Waals surface area (Å²) in [7, 11) is 0. The molecule has 0 atom stereocenters. The van der Waals surface area contributed by atoms with Gasteiger partial charge in [-0.15, -0.1) is 0 Å². The summed E-state index contributed by atoms with van der Waals surface area (Å²) in [5.41, 5.74) is 2.19. The second-order valence-corrected chi connectivity index (χ2v) is 3.62. The normalized spacial score (nSPS) is 10.0. The lowest BCUT2D eigenvalue weighted by molar-refractivity contribution is -0.114. The number of halogens is 1. The number of benzene rings is 1. The Hall–Kier alpha value is -2.23. The van der Waals surface area contributed by atoms with Gasteiger partial charge in [0.2, 0.25) is 5.91 Å². The van der Waals surface area contributed by atoms with Crippen LogP contribution >= 0.6 is 0 Å². The van der Waals surface area contributed by atoms with E-state index < -0.39 is 0 Å². The molecule has 1 heterocycles. The van der Waals surface area contributed by atoms with Crippen molar-refractivity contribution in [2.75, 3.05) is 5.32 Å². The number of amides is 1. The molecule has 1 amide bonds. The van der Waals surface area contributed by atoms with Crippen LogP contribution in [0.1, 0.15) is 6.92 Å². The molecule has 2 rings (SSSR count). The van der Waals surface area contributed by atoms with E-state index in [0.717, 1.165) is 5.56 Å². The maximum atomic E-state index is 12.7. The van der Waals surface area contributed by atoms with Crippen LogP contribution in [0.2, 0.25) is 0 Å². The maximum Gasteiger partial charge on any atom is 0.221 e. The third-order valence-corrected chi connectivity index (χ3v) is 2.21. The van der Waals surface area contributed by atoms with E-state index in [2.05, 4.69) is 10.3 Å². The van der Waals surface area contributed by atoms with Crippen molar-refractivity contribution < 1.29 is 9.18 Å². The molecule has 0 saturated heterocycles. The number of nitrogens with one attached hydrogen (secondary N) is 1. The van der Waals surface area contributed by atoms with E-state index >= 15 is 0 Å². The van der Waals surface area contributed by atoms with Gasteiger partial charge in [-0.05, 0) is 24.3 Å². The lowest BCUT2D eigenvalue weighted by atomic mass is 10.1. The van der Waals surface area contributed by atoms with Crippen LogP contribution in [0.25, 0.3) is 11.3 Å². The van der Waals surface area contributed by atoms with Crippen molar-refractivity contribution in [2.24, 2.45) is 0 Å². The number of hydrogen-bond acceptors (Lipinski definition) is 2. The molecule has 0 bridgehead atoms. The number of pyridine rings is 1. The van der Waals surface area contributed by atoms with Crippen molar-refractivity contribution in [1.29, 1.82) is 0 Å². The van der Waals surface area contributed by atoms with Gasteiger partial charge in [0.1, 0.15) is 5.82 Å². The fraction of sp³-hybridized carbons (Fsp3) is 0.0769. The average molecular weight is 230 g/mol. The summed E-state index contributed by atoms with van der Waals surface area (Å²) in [6.07, 6.45) is 1.17. The molecular formula is C13H11FN2O. The van der Waals surface area contributed by atoms with E-state index in [-0.39, 0.29) is 11.7 Å². The smallest absolute Gasteiger partial charge is 0.221 e. The molecule has 0 radical (unpaired) electrons. The molecule has 0 aliphatic rings. The van der Waals surface area contributed by atoms with Gasteiger partial charge in [-0.3, -0.25) is 9.78 Å². The van der Waals surface area contributed by atoms with Gasteiger partial charge in [-0.1, -0.05) is 12.1 Å². The van der Waals surface area contributed by atoms with E-state index in [0.29, 0.717) is 11.4 Å². The molecule has 17 heavy (non-hydrogen) atoms. The van der Waals surface area contributed by atoms with Crippen LogP contribution in [-0.4, -0.2) is 10.9 Å². The summed E-state index contributed by atoms with van der Waals surface area (Å²) in [6.45, 7) is 1.45. The molecule has 0 fully saturated rings. The predicted octanol–water partition coefficient (Wildman–Crippen LogP) is 2.85. The monoisotopic (exact) mass is 230 g/mol. The molecule has 1 N–H and O–H groups in total. The first-order chi connectivity index (χ1) is 8.15. The van der Waals surface area contributed by atoms with Gasteiger partial charge in [0.05, 0.1) is 11.9 Å². The van der Waals surface area contributed by atoms with Gasteiger partial charge in [0.25, 0.3) is 0 Å². The summed E-state index contributed by atoms with van der Waals surface area (Å²) in [5, 5.41) is 2.69. The number of rotatable bonds is 2. The van der Waals surface area contributed by atoms with Crippen molar-refractivity contribution in [1.82, 2.24) is 4.98 Å². The summed E-state index contributed by atoms with van der Waals surface area (Å²) in [5.74, 6) is -0.499. The fourth-order valence-electron chi connectivity index (χ4n) is 1.51. The Morgan fingerprint density at radius 2 is 2.12 bits per heavy atom. The molecular weight excluding hydrogens is 219 g/mol. The number of carbonyl (C=O) groups is 1. The lowest BCUT2D eigenvalue weighted by Crippen LogP contribution is -2.05. The minimum atomic E-state index is -0.369. The first-order valence-electron chi connectivity index (χ1n) is 5.15. The van der Waals surface area contributed by atoms with Gasteiger partial charge in [0.15, 0.2) is 0 Å². The Morgan fingerprint density at radius 1 is 1.29 bits per heavy atom. The second kappa shape index (κ2) is 4.74. The highest BCUT2D eigenvalue weighted by Gasteiger charge is 2.01. The lowest BCUT2D eigenvalue weighted by Gasteiger charge is -2.05. The Morgan fingerprint density at radius 3 is 2.76 bits per heavy atom. The van der Waals surface area contributed by atoms with E-state index in [1.54, 1.807) is 18.2 Å². The molecule has 1 aromatic heterocycles. The van der Waals surface area contributed by atoms with E-state index in [9.17, 15) is 9.18 Å². The van der Waals surface area contributed by atoms with Gasteiger partial charge >= 0.3 is 0 Å². The van der Waals surface area contributed by atoms with Gasteiger partial charge in [-0.25, -0.2) is 4.39 Å². The highest BCUT2D eigenvalue weighted by atomic mass is 19.1. The zero-order chi connectivity index (χ0) is 12.3. The minimum absolute atomic E-state index is 0.130. The van der Waals surface area contributed by atoms with Crippen molar-refractivity contribution in [3.8, 4) is 11.3 Å². The van der Waals surface area contributed by atoms with Crippen molar-refractivity contribution in [2.45, 2.75) is 6.92 Å². The van der Waals surface area contributed by atoms with Crippen molar-refractivity contribution in [3.05, 3.63) is 48.4 Å². The molecule has 0 spiro atoms. The quantitative estimate of drug-likeness (QED) is 0.861. The fourth-order valence-corrected chi connectivity index (χ4v) is 1.51. The van der Waals surface area contributed by atoms with Crippen molar-refractivity contribution >= 4 is 11.6 Å². The first kappa shape index (κ1) is 11.3. The predicted molar refractivity (Wildman–Crippen MR) is 63.9 cm³/mol. The third-order valence-electron chi connectivity index (χ3n) is 2.21. The molecule has 3 nitrogen and oxygen atoms in total. The van der Waals surface area contributed by atoms with E-state index in [4.69, 9.17) is 0 Å². The highest BCUT2D eigenvalue weighted by Crippen LogP contribution is 2.20. The van der Waals surface area contributed by atoms with Crippen LogP contribution in [0.4, 0.5) is 10.1 Å². The number of hydrogen-bond donors (Lipinski definition) is 1. The van der Waals surface area contributed by atoms with E-state index in [1.807, 2.05) is 12.1 Å². The van der Waals surface area contributed by atoms with Gasteiger partial charge in [0, 0.05) is 18.2 Å². The summed E-state index contributed by atoms with van der Waals surface area (Å²) < 4.78 is 12.7. The number of aromatic nitrogens is 1. The number of nitrogens with zero attached hydrogens (tertiary/aromatic N) is 1. The zero-order valence-electron chi connectivity index (χ0n) is 9.27. The highest BCUT2D eigenvalue weighted by molar-refractivity contribution is 5.89.